The Morgan fingerprint density at radius 2 is 2.04 bits per heavy atom. The summed E-state index contributed by atoms with van der Waals surface area (Å²) >= 11 is 1.64. The molecule has 1 aliphatic rings. The van der Waals surface area contributed by atoms with E-state index < -0.39 is 0 Å². The Kier molecular flexibility index (Phi) is 4.84. The lowest BCUT2D eigenvalue weighted by Crippen LogP contribution is -2.36. The number of hydrogen-bond acceptors (Lipinski definition) is 7. The van der Waals surface area contributed by atoms with E-state index in [2.05, 4.69) is 37.6 Å². The molecule has 0 aliphatic carbocycles. The van der Waals surface area contributed by atoms with E-state index in [9.17, 15) is 0 Å². The van der Waals surface area contributed by atoms with Gasteiger partial charge in [0, 0.05) is 36.6 Å². The molecule has 0 spiro atoms. The first kappa shape index (κ1) is 17.9. The molecule has 1 aliphatic heterocycles. The minimum Gasteiger partial charge on any atom is -0.497 e. The van der Waals surface area contributed by atoms with Crippen molar-refractivity contribution in [1.82, 2.24) is 24.6 Å². The molecular formula is C19H23N5O2S. The van der Waals surface area contributed by atoms with Crippen LogP contribution in [-0.2, 0) is 13.1 Å². The van der Waals surface area contributed by atoms with Crippen molar-refractivity contribution in [3.8, 4) is 23.0 Å². The molecule has 3 heterocycles. The van der Waals surface area contributed by atoms with Gasteiger partial charge in [0.25, 0.3) is 0 Å². The van der Waals surface area contributed by atoms with Crippen LogP contribution >= 0.6 is 11.3 Å². The van der Waals surface area contributed by atoms with Gasteiger partial charge in [-0.25, -0.2) is 4.98 Å². The summed E-state index contributed by atoms with van der Waals surface area (Å²) in [6, 6.07) is 6.12. The molecule has 0 N–H and O–H groups in total. The molecule has 142 valence electrons. The van der Waals surface area contributed by atoms with Crippen LogP contribution in [0, 0.1) is 6.92 Å². The molecule has 7 nitrogen and oxygen atoms in total. The second-order valence-electron chi connectivity index (χ2n) is 6.61. The molecular weight excluding hydrogens is 362 g/mol. The number of thiazole rings is 1. The summed E-state index contributed by atoms with van der Waals surface area (Å²) in [5, 5.41) is 12.0. The molecule has 1 unspecified atom stereocenters. The summed E-state index contributed by atoms with van der Waals surface area (Å²) in [4.78, 5) is 6.96. The molecule has 0 fully saturated rings. The van der Waals surface area contributed by atoms with Gasteiger partial charge in [-0.3, -0.25) is 4.90 Å². The van der Waals surface area contributed by atoms with Crippen molar-refractivity contribution in [3.05, 3.63) is 40.0 Å². The third kappa shape index (κ3) is 3.30. The Morgan fingerprint density at radius 3 is 2.74 bits per heavy atom. The first-order chi connectivity index (χ1) is 13.1. The van der Waals surface area contributed by atoms with Crippen molar-refractivity contribution in [2.24, 2.45) is 0 Å². The second kappa shape index (κ2) is 7.28. The van der Waals surface area contributed by atoms with E-state index in [1.807, 2.05) is 24.4 Å². The fraction of sp³-hybridized carbons (Fsp3) is 0.421. The predicted octanol–water partition coefficient (Wildman–Crippen LogP) is 3.30. The van der Waals surface area contributed by atoms with Crippen LogP contribution in [-0.4, -0.2) is 45.4 Å². The van der Waals surface area contributed by atoms with Crippen LogP contribution in [0.5, 0.6) is 11.5 Å². The van der Waals surface area contributed by atoms with Gasteiger partial charge in [-0.05, 0) is 19.9 Å². The van der Waals surface area contributed by atoms with Crippen LogP contribution in [0.25, 0.3) is 11.5 Å². The van der Waals surface area contributed by atoms with E-state index in [4.69, 9.17) is 9.47 Å². The molecule has 8 heteroatoms. The highest BCUT2D eigenvalue weighted by molar-refractivity contribution is 7.09. The SMILES string of the molecule is COc1ccc(CN2CCn3c(-c4csc(C)n4)nnc3C2C)c(OC)c1. The smallest absolute Gasteiger partial charge is 0.183 e. The lowest BCUT2D eigenvalue weighted by Gasteiger charge is -2.33. The summed E-state index contributed by atoms with van der Waals surface area (Å²) in [6.45, 7) is 6.72. The number of fused-ring (bicyclic) bond motifs is 1. The molecule has 0 amide bonds. The zero-order chi connectivity index (χ0) is 19.0. The molecule has 1 aromatic carbocycles. The Balaban J connectivity index is 1.58. The summed E-state index contributed by atoms with van der Waals surface area (Å²) in [7, 11) is 3.35. The molecule has 0 bridgehead atoms. The summed E-state index contributed by atoms with van der Waals surface area (Å²) in [5.74, 6) is 3.48. The lowest BCUT2D eigenvalue weighted by atomic mass is 10.1. The number of aryl methyl sites for hydroxylation is 1. The number of aromatic nitrogens is 4. The van der Waals surface area contributed by atoms with Gasteiger partial charge in [0.15, 0.2) is 11.6 Å². The van der Waals surface area contributed by atoms with E-state index in [1.54, 1.807) is 25.6 Å². The highest BCUT2D eigenvalue weighted by Gasteiger charge is 2.29. The standard InChI is InChI=1S/C19H23N5O2S/c1-12-18-21-22-19(16-11-27-13(2)20-16)24(18)8-7-23(12)10-14-5-6-15(25-3)9-17(14)26-4/h5-6,9,11-12H,7-8,10H2,1-4H3. The van der Waals surface area contributed by atoms with Crippen molar-refractivity contribution in [3.63, 3.8) is 0 Å². The van der Waals surface area contributed by atoms with Gasteiger partial charge in [0.1, 0.15) is 17.2 Å². The Hall–Kier alpha value is -2.45. The van der Waals surface area contributed by atoms with Crippen LogP contribution in [0.15, 0.2) is 23.6 Å². The first-order valence-electron chi connectivity index (χ1n) is 8.91. The molecule has 2 aromatic heterocycles. The fourth-order valence-electron chi connectivity index (χ4n) is 3.50. The monoisotopic (exact) mass is 385 g/mol. The van der Waals surface area contributed by atoms with Crippen molar-refractivity contribution < 1.29 is 9.47 Å². The van der Waals surface area contributed by atoms with Gasteiger partial charge in [-0.1, -0.05) is 6.07 Å². The van der Waals surface area contributed by atoms with E-state index in [-0.39, 0.29) is 6.04 Å². The van der Waals surface area contributed by atoms with Gasteiger partial charge in [0.05, 0.1) is 25.3 Å². The quantitative estimate of drug-likeness (QED) is 0.671. The molecule has 0 radical (unpaired) electrons. The van der Waals surface area contributed by atoms with Gasteiger partial charge in [-0.2, -0.15) is 0 Å². The fourth-order valence-corrected chi connectivity index (χ4v) is 4.09. The van der Waals surface area contributed by atoms with Crippen molar-refractivity contribution in [1.29, 1.82) is 0 Å². The highest BCUT2D eigenvalue weighted by Crippen LogP contribution is 2.32. The van der Waals surface area contributed by atoms with Crippen LogP contribution < -0.4 is 9.47 Å². The third-order valence-electron chi connectivity index (χ3n) is 5.03. The van der Waals surface area contributed by atoms with Crippen molar-refractivity contribution in [2.75, 3.05) is 20.8 Å². The summed E-state index contributed by atoms with van der Waals surface area (Å²) in [6.07, 6.45) is 0. The number of ether oxygens (including phenoxy) is 2. The van der Waals surface area contributed by atoms with E-state index in [0.29, 0.717) is 0 Å². The normalized spacial score (nSPS) is 17.0. The highest BCUT2D eigenvalue weighted by atomic mass is 32.1. The number of methoxy groups -OCH3 is 2. The second-order valence-corrected chi connectivity index (χ2v) is 7.67. The van der Waals surface area contributed by atoms with Gasteiger partial charge >= 0.3 is 0 Å². The molecule has 0 saturated carbocycles. The molecule has 0 saturated heterocycles. The zero-order valence-electron chi connectivity index (χ0n) is 16.0. The van der Waals surface area contributed by atoms with Gasteiger partial charge in [0.2, 0.25) is 0 Å². The minimum absolute atomic E-state index is 0.159. The van der Waals surface area contributed by atoms with E-state index >= 15 is 0 Å². The Labute approximate surface area is 162 Å². The van der Waals surface area contributed by atoms with Crippen molar-refractivity contribution >= 4 is 11.3 Å². The number of hydrogen-bond donors (Lipinski definition) is 0. The maximum atomic E-state index is 5.55. The molecule has 27 heavy (non-hydrogen) atoms. The summed E-state index contributed by atoms with van der Waals surface area (Å²) < 4.78 is 13.0. The van der Waals surface area contributed by atoms with Crippen LogP contribution in [0.4, 0.5) is 0 Å². The summed E-state index contributed by atoms with van der Waals surface area (Å²) in [5.41, 5.74) is 2.04. The van der Waals surface area contributed by atoms with E-state index in [1.165, 1.54) is 0 Å². The van der Waals surface area contributed by atoms with Crippen LogP contribution in [0.3, 0.4) is 0 Å². The first-order valence-corrected chi connectivity index (χ1v) is 9.79. The van der Waals surface area contributed by atoms with Crippen LogP contribution in [0.2, 0.25) is 0 Å². The van der Waals surface area contributed by atoms with Gasteiger partial charge < -0.3 is 14.0 Å². The lowest BCUT2D eigenvalue weighted by molar-refractivity contribution is 0.155. The molecule has 3 aromatic rings. The van der Waals surface area contributed by atoms with E-state index in [0.717, 1.165) is 59.0 Å². The largest absolute Gasteiger partial charge is 0.497 e. The third-order valence-corrected chi connectivity index (χ3v) is 5.80. The maximum Gasteiger partial charge on any atom is 0.183 e. The van der Waals surface area contributed by atoms with Crippen molar-refractivity contribution in [2.45, 2.75) is 33.0 Å². The Bertz CT molecular complexity index is 951. The number of nitrogens with zero attached hydrogens (tertiary/aromatic N) is 5. The maximum absolute atomic E-state index is 5.55. The molecule has 1 atom stereocenters. The average molecular weight is 385 g/mol. The minimum atomic E-state index is 0.159. The topological polar surface area (TPSA) is 65.3 Å². The average Bonchev–Trinajstić information content (AvgIpc) is 3.30. The molecule has 4 rings (SSSR count). The van der Waals surface area contributed by atoms with Crippen LogP contribution in [0.1, 0.15) is 29.4 Å². The predicted molar refractivity (Wildman–Crippen MR) is 104 cm³/mol. The zero-order valence-corrected chi connectivity index (χ0v) is 16.8. The van der Waals surface area contributed by atoms with Gasteiger partial charge in [-0.15, -0.1) is 21.5 Å². The number of benzene rings is 1. The number of rotatable bonds is 5. The Morgan fingerprint density at radius 1 is 1.19 bits per heavy atom.